The quantitative estimate of drug-likeness (QED) is 0.669. The number of hydrogen-bond donors (Lipinski definition) is 1. The first-order valence-corrected chi connectivity index (χ1v) is 8.17. The fraction of sp³-hybridized carbons (Fsp3) is 0.588. The molecule has 0 atom stereocenters. The van der Waals surface area contributed by atoms with Gasteiger partial charge in [-0.1, -0.05) is 18.2 Å². The van der Waals surface area contributed by atoms with Crippen LogP contribution in [-0.2, 0) is 9.53 Å². The standard InChI is InChI=1S/C17H27N3O3/c1-22-13-7-18-15-17(21)20-10-8-19(9-11-20)12-14-23-16-5-3-2-4-6-16/h2-6,18H,7-15H2,1H3. The number of benzene rings is 1. The van der Waals surface area contributed by atoms with Crippen LogP contribution in [0.4, 0.5) is 0 Å². The molecule has 1 aliphatic heterocycles. The molecule has 0 aromatic heterocycles. The van der Waals surface area contributed by atoms with Crippen LogP contribution in [0.5, 0.6) is 5.75 Å². The molecule has 0 bridgehead atoms. The summed E-state index contributed by atoms with van der Waals surface area (Å²) in [5.41, 5.74) is 0. The monoisotopic (exact) mass is 321 g/mol. The number of carbonyl (C=O) groups is 1. The molecular weight excluding hydrogens is 294 g/mol. The molecule has 6 heteroatoms. The second-order valence-corrected chi connectivity index (χ2v) is 5.55. The van der Waals surface area contributed by atoms with E-state index >= 15 is 0 Å². The number of ether oxygens (including phenoxy) is 2. The smallest absolute Gasteiger partial charge is 0.236 e. The van der Waals surface area contributed by atoms with E-state index in [1.165, 1.54) is 0 Å². The Bertz CT molecular complexity index is 448. The zero-order valence-electron chi connectivity index (χ0n) is 13.9. The number of para-hydroxylation sites is 1. The lowest BCUT2D eigenvalue weighted by molar-refractivity contribution is -0.132. The summed E-state index contributed by atoms with van der Waals surface area (Å²) in [6, 6.07) is 9.86. The molecule has 1 amide bonds. The number of piperazine rings is 1. The first-order chi connectivity index (χ1) is 11.3. The summed E-state index contributed by atoms with van der Waals surface area (Å²) >= 11 is 0. The van der Waals surface area contributed by atoms with E-state index in [-0.39, 0.29) is 5.91 Å². The third-order valence-corrected chi connectivity index (χ3v) is 3.90. The Labute approximate surface area is 138 Å². The van der Waals surface area contributed by atoms with Crippen molar-refractivity contribution in [2.75, 3.05) is 66.1 Å². The molecule has 6 nitrogen and oxygen atoms in total. The summed E-state index contributed by atoms with van der Waals surface area (Å²) in [4.78, 5) is 16.3. The highest BCUT2D eigenvalue weighted by atomic mass is 16.5. The highest BCUT2D eigenvalue weighted by Crippen LogP contribution is 2.08. The van der Waals surface area contributed by atoms with Crippen molar-refractivity contribution in [1.82, 2.24) is 15.1 Å². The van der Waals surface area contributed by atoms with E-state index in [9.17, 15) is 4.79 Å². The summed E-state index contributed by atoms with van der Waals surface area (Å²) in [7, 11) is 1.66. The lowest BCUT2D eigenvalue weighted by Gasteiger charge is -2.34. The van der Waals surface area contributed by atoms with E-state index in [2.05, 4.69) is 10.2 Å². The van der Waals surface area contributed by atoms with E-state index in [4.69, 9.17) is 9.47 Å². The predicted molar refractivity (Wildman–Crippen MR) is 89.7 cm³/mol. The topological polar surface area (TPSA) is 54.0 Å². The van der Waals surface area contributed by atoms with Crippen molar-refractivity contribution in [3.8, 4) is 5.75 Å². The SMILES string of the molecule is COCCNCC(=O)N1CCN(CCOc2ccccc2)CC1. The van der Waals surface area contributed by atoms with Gasteiger partial charge in [-0.15, -0.1) is 0 Å². The number of rotatable bonds is 9. The minimum atomic E-state index is 0.168. The van der Waals surface area contributed by atoms with E-state index < -0.39 is 0 Å². The molecule has 1 saturated heterocycles. The van der Waals surface area contributed by atoms with Gasteiger partial charge >= 0.3 is 0 Å². The number of hydrogen-bond acceptors (Lipinski definition) is 5. The number of carbonyl (C=O) groups excluding carboxylic acids is 1. The average molecular weight is 321 g/mol. The maximum atomic E-state index is 12.0. The van der Waals surface area contributed by atoms with Gasteiger partial charge in [0.25, 0.3) is 0 Å². The molecule has 0 unspecified atom stereocenters. The van der Waals surface area contributed by atoms with Gasteiger partial charge in [0.2, 0.25) is 5.91 Å². The van der Waals surface area contributed by atoms with Crippen LogP contribution in [-0.4, -0.2) is 81.8 Å². The zero-order valence-corrected chi connectivity index (χ0v) is 13.9. The number of methoxy groups -OCH3 is 1. The lowest BCUT2D eigenvalue weighted by atomic mass is 10.3. The Morgan fingerprint density at radius 3 is 2.57 bits per heavy atom. The molecule has 0 spiro atoms. The average Bonchev–Trinajstić information content (AvgIpc) is 2.60. The van der Waals surface area contributed by atoms with Gasteiger partial charge in [-0.2, -0.15) is 0 Å². The van der Waals surface area contributed by atoms with Crippen molar-refractivity contribution in [3.05, 3.63) is 30.3 Å². The van der Waals surface area contributed by atoms with Crippen molar-refractivity contribution in [2.24, 2.45) is 0 Å². The van der Waals surface area contributed by atoms with Crippen molar-refractivity contribution in [1.29, 1.82) is 0 Å². The Morgan fingerprint density at radius 2 is 1.87 bits per heavy atom. The molecular formula is C17H27N3O3. The fourth-order valence-corrected chi connectivity index (χ4v) is 2.51. The first kappa shape index (κ1) is 17.7. The third kappa shape index (κ3) is 6.56. The molecule has 0 radical (unpaired) electrons. The van der Waals surface area contributed by atoms with Crippen molar-refractivity contribution in [2.45, 2.75) is 0 Å². The predicted octanol–water partition coefficient (Wildman–Crippen LogP) is 0.446. The Morgan fingerprint density at radius 1 is 1.13 bits per heavy atom. The molecule has 2 rings (SSSR count). The second kappa shape index (κ2) is 10.2. The normalized spacial score (nSPS) is 15.6. The van der Waals surface area contributed by atoms with Gasteiger partial charge in [0.05, 0.1) is 13.2 Å². The van der Waals surface area contributed by atoms with Gasteiger partial charge in [0, 0.05) is 46.4 Å². The third-order valence-electron chi connectivity index (χ3n) is 3.90. The minimum Gasteiger partial charge on any atom is -0.492 e. The van der Waals surface area contributed by atoms with Gasteiger partial charge in [0.15, 0.2) is 0 Å². The van der Waals surface area contributed by atoms with E-state index in [1.807, 2.05) is 35.2 Å². The molecule has 1 N–H and O–H groups in total. The summed E-state index contributed by atoms with van der Waals surface area (Å²) in [5.74, 6) is 1.07. The van der Waals surface area contributed by atoms with Crippen LogP contribution in [0.1, 0.15) is 0 Å². The molecule has 1 heterocycles. The highest BCUT2D eigenvalue weighted by Gasteiger charge is 2.20. The lowest BCUT2D eigenvalue weighted by Crippen LogP contribution is -2.51. The number of nitrogens with one attached hydrogen (secondary N) is 1. The molecule has 1 aromatic carbocycles. The zero-order chi connectivity index (χ0) is 16.3. The summed E-state index contributed by atoms with van der Waals surface area (Å²) in [5, 5.41) is 3.10. The van der Waals surface area contributed by atoms with Crippen molar-refractivity contribution < 1.29 is 14.3 Å². The highest BCUT2D eigenvalue weighted by molar-refractivity contribution is 5.78. The van der Waals surface area contributed by atoms with Crippen LogP contribution >= 0.6 is 0 Å². The van der Waals surface area contributed by atoms with Crippen LogP contribution in [0, 0.1) is 0 Å². The summed E-state index contributed by atoms with van der Waals surface area (Å²) < 4.78 is 10.7. The molecule has 0 aliphatic carbocycles. The van der Waals surface area contributed by atoms with Gasteiger partial charge < -0.3 is 19.7 Å². The van der Waals surface area contributed by atoms with Crippen LogP contribution in [0.2, 0.25) is 0 Å². The van der Waals surface area contributed by atoms with Gasteiger partial charge in [-0.05, 0) is 12.1 Å². The second-order valence-electron chi connectivity index (χ2n) is 5.55. The largest absolute Gasteiger partial charge is 0.492 e. The van der Waals surface area contributed by atoms with E-state index in [0.717, 1.165) is 38.5 Å². The molecule has 0 saturated carbocycles. The molecule has 1 aliphatic rings. The molecule has 128 valence electrons. The molecule has 1 aromatic rings. The van der Waals surface area contributed by atoms with Crippen LogP contribution in [0.3, 0.4) is 0 Å². The number of nitrogens with zero attached hydrogens (tertiary/aromatic N) is 2. The molecule has 1 fully saturated rings. The number of amides is 1. The van der Waals surface area contributed by atoms with Crippen LogP contribution < -0.4 is 10.1 Å². The van der Waals surface area contributed by atoms with Gasteiger partial charge in [0.1, 0.15) is 12.4 Å². The Balaban J connectivity index is 1.57. The summed E-state index contributed by atoms with van der Waals surface area (Å²) in [6.07, 6.45) is 0. The first-order valence-electron chi connectivity index (χ1n) is 8.17. The maximum absolute atomic E-state index is 12.0. The van der Waals surface area contributed by atoms with Crippen LogP contribution in [0.15, 0.2) is 30.3 Å². The fourth-order valence-electron chi connectivity index (χ4n) is 2.51. The minimum absolute atomic E-state index is 0.168. The van der Waals surface area contributed by atoms with E-state index in [1.54, 1.807) is 7.11 Å². The van der Waals surface area contributed by atoms with Crippen molar-refractivity contribution in [3.63, 3.8) is 0 Å². The van der Waals surface area contributed by atoms with E-state index in [0.29, 0.717) is 26.3 Å². The van der Waals surface area contributed by atoms with Crippen molar-refractivity contribution >= 4 is 5.91 Å². The van der Waals surface area contributed by atoms with Gasteiger partial charge in [-0.25, -0.2) is 0 Å². The Hall–Kier alpha value is -1.63. The maximum Gasteiger partial charge on any atom is 0.236 e. The Kier molecular flexibility index (Phi) is 7.86. The van der Waals surface area contributed by atoms with Crippen LogP contribution in [0.25, 0.3) is 0 Å². The summed E-state index contributed by atoms with van der Waals surface area (Å²) in [6.45, 7) is 6.68. The van der Waals surface area contributed by atoms with Gasteiger partial charge in [-0.3, -0.25) is 9.69 Å². The molecule has 23 heavy (non-hydrogen) atoms.